The zero-order valence-electron chi connectivity index (χ0n) is 14.8. The number of nitrogens with one attached hydrogen (secondary N) is 1. The first-order valence-corrected chi connectivity index (χ1v) is 8.35. The van der Waals surface area contributed by atoms with Crippen molar-refractivity contribution in [3.05, 3.63) is 89.5 Å². The summed E-state index contributed by atoms with van der Waals surface area (Å²) in [5, 5.41) is 11.8. The minimum absolute atomic E-state index is 0.229. The van der Waals surface area contributed by atoms with Gasteiger partial charge in [-0.05, 0) is 48.0 Å². The lowest BCUT2D eigenvalue weighted by Gasteiger charge is -2.10. The van der Waals surface area contributed by atoms with E-state index in [2.05, 4.69) is 11.4 Å². The average molecular weight is 358 g/mol. The number of carbonyl (C=O) groups excluding carboxylic acids is 1. The molecule has 0 atom stereocenters. The Bertz CT molecular complexity index is 993. The Balaban J connectivity index is 1.66. The van der Waals surface area contributed by atoms with Gasteiger partial charge >= 0.3 is 0 Å². The Labute approximate surface area is 157 Å². The van der Waals surface area contributed by atoms with Crippen LogP contribution in [0.25, 0.3) is 0 Å². The molecule has 3 aromatic rings. The van der Waals surface area contributed by atoms with E-state index in [1.165, 1.54) is 0 Å². The van der Waals surface area contributed by atoms with Crippen LogP contribution in [0.2, 0.25) is 0 Å². The second kappa shape index (κ2) is 8.54. The zero-order valence-corrected chi connectivity index (χ0v) is 14.8. The largest absolute Gasteiger partial charge is 0.497 e. The Morgan fingerprint density at radius 1 is 1.00 bits per heavy atom. The maximum atomic E-state index is 12.4. The fourth-order valence-electron chi connectivity index (χ4n) is 2.53. The quantitative estimate of drug-likeness (QED) is 0.709. The molecule has 5 nitrogen and oxygen atoms in total. The Hall–Kier alpha value is -3.78. The van der Waals surface area contributed by atoms with Crippen LogP contribution in [0.1, 0.15) is 21.5 Å². The third-order valence-electron chi connectivity index (χ3n) is 3.89. The number of methoxy groups -OCH3 is 1. The van der Waals surface area contributed by atoms with Crippen LogP contribution >= 0.6 is 0 Å². The van der Waals surface area contributed by atoms with Crippen molar-refractivity contribution in [3.63, 3.8) is 0 Å². The van der Waals surface area contributed by atoms with Gasteiger partial charge in [-0.1, -0.05) is 24.3 Å². The molecule has 0 unspecified atom stereocenters. The van der Waals surface area contributed by atoms with Crippen molar-refractivity contribution in [2.45, 2.75) is 6.61 Å². The van der Waals surface area contributed by atoms with Crippen LogP contribution in [0.3, 0.4) is 0 Å². The molecule has 3 aromatic carbocycles. The van der Waals surface area contributed by atoms with Crippen LogP contribution in [-0.2, 0) is 6.61 Å². The number of benzene rings is 3. The third-order valence-corrected chi connectivity index (χ3v) is 3.89. The highest BCUT2D eigenvalue weighted by atomic mass is 16.5. The monoisotopic (exact) mass is 358 g/mol. The smallest absolute Gasteiger partial charge is 0.255 e. The maximum Gasteiger partial charge on any atom is 0.255 e. The van der Waals surface area contributed by atoms with Gasteiger partial charge in [-0.3, -0.25) is 4.79 Å². The molecular formula is C22H18N2O3. The zero-order chi connectivity index (χ0) is 19.1. The summed E-state index contributed by atoms with van der Waals surface area (Å²) in [6, 6.07) is 23.5. The number of hydrogen-bond donors (Lipinski definition) is 1. The summed E-state index contributed by atoms with van der Waals surface area (Å²) < 4.78 is 10.9. The fourth-order valence-corrected chi connectivity index (χ4v) is 2.53. The molecular weight excluding hydrogens is 340 g/mol. The minimum Gasteiger partial charge on any atom is -0.497 e. The van der Waals surface area contributed by atoms with Crippen molar-refractivity contribution in [1.29, 1.82) is 5.26 Å². The first-order valence-electron chi connectivity index (χ1n) is 8.35. The molecule has 1 N–H and O–H groups in total. The molecule has 0 aliphatic rings. The summed E-state index contributed by atoms with van der Waals surface area (Å²) in [5.41, 5.74) is 2.63. The molecule has 0 aliphatic heterocycles. The van der Waals surface area contributed by atoms with Gasteiger partial charge in [0.15, 0.2) is 0 Å². The number of hydrogen-bond acceptors (Lipinski definition) is 4. The van der Waals surface area contributed by atoms with Crippen LogP contribution in [0.5, 0.6) is 11.5 Å². The van der Waals surface area contributed by atoms with Crippen molar-refractivity contribution in [2.24, 2.45) is 0 Å². The highest BCUT2D eigenvalue weighted by Crippen LogP contribution is 2.20. The molecule has 0 saturated carbocycles. The van der Waals surface area contributed by atoms with Gasteiger partial charge in [-0.25, -0.2) is 0 Å². The SMILES string of the molecule is COc1cccc(C(=O)Nc2cccc(OCc3cccc(C#N)c3)c2)c1. The van der Waals surface area contributed by atoms with Crippen LogP contribution in [0.4, 0.5) is 5.69 Å². The lowest BCUT2D eigenvalue weighted by Crippen LogP contribution is -2.12. The first-order chi connectivity index (χ1) is 13.2. The summed E-state index contributed by atoms with van der Waals surface area (Å²) in [4.78, 5) is 12.4. The van der Waals surface area contributed by atoms with Crippen molar-refractivity contribution < 1.29 is 14.3 Å². The number of nitrogens with zero attached hydrogens (tertiary/aromatic N) is 1. The number of anilines is 1. The fraction of sp³-hybridized carbons (Fsp3) is 0.0909. The molecule has 0 spiro atoms. The van der Waals surface area contributed by atoms with E-state index in [0.29, 0.717) is 34.9 Å². The molecule has 134 valence electrons. The molecule has 0 saturated heterocycles. The molecule has 0 heterocycles. The van der Waals surface area contributed by atoms with Crippen molar-refractivity contribution in [2.75, 3.05) is 12.4 Å². The van der Waals surface area contributed by atoms with Gasteiger partial charge < -0.3 is 14.8 Å². The molecule has 3 rings (SSSR count). The molecule has 0 aliphatic carbocycles. The molecule has 0 aromatic heterocycles. The van der Waals surface area contributed by atoms with Crippen LogP contribution in [0, 0.1) is 11.3 Å². The number of rotatable bonds is 6. The summed E-state index contributed by atoms with van der Waals surface area (Å²) in [6.45, 7) is 0.336. The van der Waals surface area contributed by atoms with Gasteiger partial charge in [-0.15, -0.1) is 0 Å². The predicted octanol–water partition coefficient (Wildman–Crippen LogP) is 4.40. The van der Waals surface area contributed by atoms with Gasteiger partial charge in [0.25, 0.3) is 5.91 Å². The normalized spacial score (nSPS) is 9.93. The highest BCUT2D eigenvalue weighted by molar-refractivity contribution is 6.04. The van der Waals surface area contributed by atoms with E-state index in [1.807, 2.05) is 24.3 Å². The van der Waals surface area contributed by atoms with Gasteiger partial charge in [0.2, 0.25) is 0 Å². The summed E-state index contributed by atoms with van der Waals surface area (Å²) >= 11 is 0. The molecule has 0 bridgehead atoms. The topological polar surface area (TPSA) is 71.3 Å². The number of carbonyl (C=O) groups is 1. The van der Waals surface area contributed by atoms with Crippen LogP contribution < -0.4 is 14.8 Å². The van der Waals surface area contributed by atoms with E-state index in [0.717, 1.165) is 5.56 Å². The van der Waals surface area contributed by atoms with Crippen LogP contribution in [-0.4, -0.2) is 13.0 Å². The molecule has 5 heteroatoms. The van der Waals surface area contributed by atoms with Gasteiger partial charge in [0.05, 0.1) is 18.7 Å². The standard InChI is InChI=1S/C22H18N2O3/c1-26-20-9-3-7-18(12-20)22(25)24-19-8-4-10-21(13-19)27-15-17-6-2-5-16(11-17)14-23/h2-13H,15H2,1H3,(H,24,25). The van der Waals surface area contributed by atoms with Crippen LogP contribution in [0.15, 0.2) is 72.8 Å². The molecule has 0 radical (unpaired) electrons. The minimum atomic E-state index is -0.229. The summed E-state index contributed by atoms with van der Waals surface area (Å²) in [6.07, 6.45) is 0. The third kappa shape index (κ3) is 4.86. The lowest BCUT2D eigenvalue weighted by molar-refractivity contribution is 0.102. The highest BCUT2D eigenvalue weighted by Gasteiger charge is 2.08. The maximum absolute atomic E-state index is 12.4. The molecule has 27 heavy (non-hydrogen) atoms. The van der Waals surface area contributed by atoms with Crippen molar-refractivity contribution in [1.82, 2.24) is 0 Å². The number of amides is 1. The van der Waals surface area contributed by atoms with Gasteiger partial charge in [-0.2, -0.15) is 5.26 Å². The lowest BCUT2D eigenvalue weighted by atomic mass is 10.1. The summed E-state index contributed by atoms with van der Waals surface area (Å²) in [5.74, 6) is 1.02. The van der Waals surface area contributed by atoms with E-state index in [1.54, 1.807) is 55.6 Å². The predicted molar refractivity (Wildman–Crippen MR) is 103 cm³/mol. The van der Waals surface area contributed by atoms with E-state index >= 15 is 0 Å². The Morgan fingerprint density at radius 2 is 1.78 bits per heavy atom. The van der Waals surface area contributed by atoms with Crippen molar-refractivity contribution >= 4 is 11.6 Å². The second-order valence-corrected chi connectivity index (χ2v) is 5.81. The van der Waals surface area contributed by atoms with E-state index in [4.69, 9.17) is 14.7 Å². The second-order valence-electron chi connectivity index (χ2n) is 5.81. The number of nitriles is 1. The first kappa shape index (κ1) is 18.0. The van der Waals surface area contributed by atoms with Crippen molar-refractivity contribution in [3.8, 4) is 17.6 Å². The van der Waals surface area contributed by atoms with Gasteiger partial charge in [0.1, 0.15) is 18.1 Å². The van der Waals surface area contributed by atoms with E-state index < -0.39 is 0 Å². The Morgan fingerprint density at radius 3 is 2.59 bits per heavy atom. The Kier molecular flexibility index (Phi) is 5.70. The van der Waals surface area contributed by atoms with Gasteiger partial charge in [0, 0.05) is 17.3 Å². The van der Waals surface area contributed by atoms with E-state index in [9.17, 15) is 4.79 Å². The van der Waals surface area contributed by atoms with E-state index in [-0.39, 0.29) is 5.91 Å². The molecule has 0 fully saturated rings. The number of ether oxygens (including phenoxy) is 2. The summed E-state index contributed by atoms with van der Waals surface area (Å²) in [7, 11) is 1.56. The molecule has 1 amide bonds. The average Bonchev–Trinajstić information content (AvgIpc) is 2.72.